The van der Waals surface area contributed by atoms with Crippen molar-refractivity contribution in [2.75, 3.05) is 0 Å². The first kappa shape index (κ1) is 16.7. The highest BCUT2D eigenvalue weighted by Gasteiger charge is 2.18. The van der Waals surface area contributed by atoms with Crippen LogP contribution in [0.2, 0.25) is 0 Å². The van der Waals surface area contributed by atoms with Crippen molar-refractivity contribution in [3.8, 4) is 11.1 Å². The van der Waals surface area contributed by atoms with E-state index >= 15 is 0 Å². The van der Waals surface area contributed by atoms with E-state index in [1.807, 2.05) is 0 Å². The number of carbonyl (C=O) groups excluding carboxylic acids is 1. The minimum absolute atomic E-state index is 0.0249. The molecular weight excluding hydrogens is 354 g/mol. The average Bonchev–Trinajstić information content (AvgIpc) is 3.00. The van der Waals surface area contributed by atoms with E-state index in [4.69, 9.17) is 5.73 Å². The van der Waals surface area contributed by atoms with Crippen molar-refractivity contribution in [2.45, 2.75) is 0 Å². The van der Waals surface area contributed by atoms with Crippen LogP contribution in [-0.2, 0) is 0 Å². The van der Waals surface area contributed by atoms with E-state index in [1.54, 1.807) is 12.1 Å². The van der Waals surface area contributed by atoms with Gasteiger partial charge in [-0.1, -0.05) is 12.1 Å². The minimum atomic E-state index is -1.10. The number of aromatic nitrogens is 1. The number of halogens is 2. The Labute approximate surface area is 151 Å². The van der Waals surface area contributed by atoms with Crippen molar-refractivity contribution in [2.24, 2.45) is 5.73 Å². The molecule has 0 saturated heterocycles. The second-order valence-electron chi connectivity index (χ2n) is 6.10. The summed E-state index contributed by atoms with van der Waals surface area (Å²) in [6, 6.07) is 11.2. The molecule has 7 heteroatoms. The Balaban J connectivity index is 2.11. The summed E-state index contributed by atoms with van der Waals surface area (Å²) in [5.74, 6) is -3.91. The topological polar surface area (TPSA) is 96.2 Å². The van der Waals surface area contributed by atoms with Gasteiger partial charge in [-0.2, -0.15) is 0 Å². The summed E-state index contributed by atoms with van der Waals surface area (Å²) in [6.45, 7) is 0. The van der Waals surface area contributed by atoms with Crippen LogP contribution in [0.5, 0.6) is 0 Å². The van der Waals surface area contributed by atoms with Gasteiger partial charge < -0.3 is 15.8 Å². The van der Waals surface area contributed by atoms with Gasteiger partial charge in [-0.3, -0.25) is 4.79 Å². The molecule has 0 aliphatic carbocycles. The van der Waals surface area contributed by atoms with E-state index in [2.05, 4.69) is 4.98 Å². The highest BCUT2D eigenvalue weighted by atomic mass is 19.2. The smallest absolute Gasteiger partial charge is 0.335 e. The lowest BCUT2D eigenvalue weighted by molar-refractivity contribution is 0.0697. The lowest BCUT2D eigenvalue weighted by atomic mass is 9.98. The summed E-state index contributed by atoms with van der Waals surface area (Å²) in [7, 11) is 0. The highest BCUT2D eigenvalue weighted by molar-refractivity contribution is 6.17. The normalized spacial score (nSPS) is 11.2. The average molecular weight is 366 g/mol. The van der Waals surface area contributed by atoms with Crippen LogP contribution in [0.3, 0.4) is 0 Å². The predicted molar refractivity (Wildman–Crippen MR) is 96.6 cm³/mol. The van der Waals surface area contributed by atoms with Gasteiger partial charge in [0.25, 0.3) is 5.91 Å². The van der Waals surface area contributed by atoms with E-state index in [-0.39, 0.29) is 22.3 Å². The van der Waals surface area contributed by atoms with Crippen molar-refractivity contribution in [3.63, 3.8) is 0 Å². The Kier molecular flexibility index (Phi) is 3.66. The van der Waals surface area contributed by atoms with E-state index in [1.165, 1.54) is 30.3 Å². The summed E-state index contributed by atoms with van der Waals surface area (Å²) in [6.07, 6.45) is 0. The van der Waals surface area contributed by atoms with Crippen molar-refractivity contribution in [1.29, 1.82) is 0 Å². The molecular formula is C20H12F2N2O3. The van der Waals surface area contributed by atoms with E-state index < -0.39 is 23.5 Å². The molecule has 0 radical (unpaired) electrons. The summed E-state index contributed by atoms with van der Waals surface area (Å²) in [4.78, 5) is 26.3. The fraction of sp³-hybridized carbons (Fsp3) is 0. The third kappa shape index (κ3) is 2.60. The van der Waals surface area contributed by atoms with Crippen LogP contribution in [0, 0.1) is 11.6 Å². The minimum Gasteiger partial charge on any atom is -0.478 e. The molecule has 0 aliphatic heterocycles. The lowest BCUT2D eigenvalue weighted by Gasteiger charge is -2.08. The van der Waals surface area contributed by atoms with E-state index in [0.29, 0.717) is 21.8 Å². The number of carboxylic acids is 1. The van der Waals surface area contributed by atoms with E-state index in [9.17, 15) is 23.5 Å². The van der Waals surface area contributed by atoms with Crippen LogP contribution in [0.15, 0.2) is 48.5 Å². The number of hydrogen-bond donors (Lipinski definition) is 3. The van der Waals surface area contributed by atoms with Gasteiger partial charge in [0.05, 0.1) is 16.6 Å². The quantitative estimate of drug-likeness (QED) is 0.510. The fourth-order valence-electron chi connectivity index (χ4n) is 3.21. The molecule has 4 N–H and O–H groups in total. The molecule has 0 atom stereocenters. The Bertz CT molecular complexity index is 1260. The SMILES string of the molecule is NC(=O)c1cc(-c2cccc(F)c2F)cc2c1[nH]c1ccc(C(=O)O)cc12. The Morgan fingerprint density at radius 3 is 2.48 bits per heavy atom. The Morgan fingerprint density at radius 2 is 1.78 bits per heavy atom. The van der Waals surface area contributed by atoms with Crippen molar-refractivity contribution in [3.05, 3.63) is 71.3 Å². The van der Waals surface area contributed by atoms with Gasteiger partial charge in [-0.05, 0) is 42.0 Å². The molecule has 0 aliphatic rings. The number of nitrogens with two attached hydrogens (primary N) is 1. The zero-order valence-corrected chi connectivity index (χ0v) is 13.7. The number of amides is 1. The van der Waals surface area contributed by atoms with Crippen LogP contribution >= 0.6 is 0 Å². The maximum absolute atomic E-state index is 14.3. The number of rotatable bonds is 3. The van der Waals surface area contributed by atoms with Crippen LogP contribution in [0.1, 0.15) is 20.7 Å². The highest BCUT2D eigenvalue weighted by Crippen LogP contribution is 2.34. The van der Waals surface area contributed by atoms with Gasteiger partial charge in [0.2, 0.25) is 0 Å². The molecule has 3 aromatic carbocycles. The number of benzene rings is 3. The van der Waals surface area contributed by atoms with Gasteiger partial charge in [-0.25, -0.2) is 13.6 Å². The molecule has 4 aromatic rings. The van der Waals surface area contributed by atoms with Crippen LogP contribution in [0.4, 0.5) is 8.78 Å². The number of aromatic amines is 1. The molecule has 0 saturated carbocycles. The van der Waals surface area contributed by atoms with E-state index in [0.717, 1.165) is 6.07 Å². The molecule has 134 valence electrons. The molecule has 5 nitrogen and oxygen atoms in total. The number of carbonyl (C=O) groups is 2. The van der Waals surface area contributed by atoms with Crippen LogP contribution in [0.25, 0.3) is 32.9 Å². The zero-order chi connectivity index (χ0) is 19.3. The number of aromatic carboxylic acids is 1. The van der Waals surface area contributed by atoms with Crippen LogP contribution < -0.4 is 5.73 Å². The number of hydrogen-bond acceptors (Lipinski definition) is 2. The lowest BCUT2D eigenvalue weighted by Crippen LogP contribution is -2.11. The maximum atomic E-state index is 14.3. The summed E-state index contributed by atoms with van der Waals surface area (Å²) in [5.41, 5.74) is 6.86. The molecule has 0 unspecified atom stereocenters. The first-order chi connectivity index (χ1) is 12.9. The zero-order valence-electron chi connectivity index (χ0n) is 13.7. The van der Waals surface area contributed by atoms with Gasteiger partial charge in [0.1, 0.15) is 0 Å². The van der Waals surface area contributed by atoms with Crippen molar-refractivity contribution in [1.82, 2.24) is 4.98 Å². The third-order valence-electron chi connectivity index (χ3n) is 4.48. The fourth-order valence-corrected chi connectivity index (χ4v) is 3.21. The monoisotopic (exact) mass is 366 g/mol. The molecule has 1 amide bonds. The summed E-state index contributed by atoms with van der Waals surface area (Å²) >= 11 is 0. The Morgan fingerprint density at radius 1 is 1.00 bits per heavy atom. The third-order valence-corrected chi connectivity index (χ3v) is 4.48. The van der Waals surface area contributed by atoms with Gasteiger partial charge in [0, 0.05) is 21.9 Å². The molecule has 1 heterocycles. The first-order valence-corrected chi connectivity index (χ1v) is 7.94. The molecule has 0 fully saturated rings. The molecule has 27 heavy (non-hydrogen) atoms. The van der Waals surface area contributed by atoms with Crippen molar-refractivity contribution >= 4 is 33.7 Å². The number of H-pyrrole nitrogens is 1. The second kappa shape index (κ2) is 5.91. The molecule has 1 aromatic heterocycles. The largest absolute Gasteiger partial charge is 0.478 e. The first-order valence-electron chi connectivity index (χ1n) is 7.94. The maximum Gasteiger partial charge on any atom is 0.335 e. The van der Waals surface area contributed by atoms with Gasteiger partial charge >= 0.3 is 5.97 Å². The number of nitrogens with one attached hydrogen (secondary N) is 1. The van der Waals surface area contributed by atoms with Gasteiger partial charge in [-0.15, -0.1) is 0 Å². The number of primary amides is 1. The Hall–Kier alpha value is -3.74. The van der Waals surface area contributed by atoms with Crippen LogP contribution in [-0.4, -0.2) is 22.0 Å². The predicted octanol–water partition coefficient (Wildman–Crippen LogP) is 4.06. The molecule has 4 rings (SSSR count). The van der Waals surface area contributed by atoms with Gasteiger partial charge in [0.15, 0.2) is 11.6 Å². The molecule has 0 bridgehead atoms. The number of carboxylic acid groups (broad SMARTS) is 1. The van der Waals surface area contributed by atoms with Crippen molar-refractivity contribution < 1.29 is 23.5 Å². The standard InChI is InChI=1S/C20H12F2N2O3/c21-15-3-1-2-11(17(15)22)10-7-13-12-6-9(20(26)27)4-5-16(12)24-18(13)14(8-10)19(23)25/h1-8,24H,(H2,23,25)(H,26,27). The summed E-state index contributed by atoms with van der Waals surface area (Å²) in [5, 5.41) is 10.2. The number of fused-ring (bicyclic) bond motifs is 3. The second-order valence-corrected chi connectivity index (χ2v) is 6.10. The molecule has 0 spiro atoms. The summed E-state index contributed by atoms with van der Waals surface area (Å²) < 4.78 is 27.9.